The van der Waals surface area contributed by atoms with Gasteiger partial charge in [-0.25, -0.2) is 9.79 Å². The van der Waals surface area contributed by atoms with Gasteiger partial charge in [-0.2, -0.15) is 0 Å². The quantitative estimate of drug-likeness (QED) is 0.305. The first-order valence-electron chi connectivity index (χ1n) is 13.4. The fraction of sp³-hybridized carbons (Fsp3) is 0.281. The van der Waals surface area contributed by atoms with Gasteiger partial charge in [-0.1, -0.05) is 29.0 Å². The fourth-order valence-electron chi connectivity index (χ4n) is 5.30. The van der Waals surface area contributed by atoms with Gasteiger partial charge in [-0.05, 0) is 82.7 Å². The van der Waals surface area contributed by atoms with E-state index in [-0.39, 0.29) is 17.7 Å². The summed E-state index contributed by atoms with van der Waals surface area (Å²) in [7, 11) is 3.12. The molecule has 41 heavy (non-hydrogen) atoms. The van der Waals surface area contributed by atoms with Crippen molar-refractivity contribution >= 4 is 23.4 Å². The first kappa shape index (κ1) is 28.2. The van der Waals surface area contributed by atoms with Crippen LogP contribution in [0.15, 0.2) is 69.6 Å². The van der Waals surface area contributed by atoms with Crippen molar-refractivity contribution in [2.24, 2.45) is 4.99 Å². The molecular formula is C32H33N3O5S. The van der Waals surface area contributed by atoms with Crippen molar-refractivity contribution < 1.29 is 19.0 Å². The van der Waals surface area contributed by atoms with E-state index in [1.165, 1.54) is 16.9 Å². The van der Waals surface area contributed by atoms with Crippen molar-refractivity contribution in [3.63, 3.8) is 0 Å². The molecule has 4 aromatic rings. The first-order valence-corrected chi connectivity index (χ1v) is 14.2. The third-order valence-corrected chi connectivity index (χ3v) is 8.28. The Kier molecular flexibility index (Phi) is 7.73. The predicted octanol–water partition coefficient (Wildman–Crippen LogP) is 4.53. The van der Waals surface area contributed by atoms with E-state index in [0.717, 1.165) is 22.6 Å². The number of rotatable bonds is 7. The summed E-state index contributed by atoms with van der Waals surface area (Å²) in [5.74, 6) is 0.562. The highest BCUT2D eigenvalue weighted by atomic mass is 32.1. The average Bonchev–Trinajstić information content (AvgIpc) is 3.41. The minimum Gasteiger partial charge on any atom is -0.497 e. The molecule has 0 N–H and O–H groups in total. The van der Waals surface area contributed by atoms with Crippen molar-refractivity contribution in [3.8, 4) is 17.2 Å². The molecule has 9 heteroatoms. The molecule has 0 bridgehead atoms. The highest BCUT2D eigenvalue weighted by Crippen LogP contribution is 2.37. The minimum absolute atomic E-state index is 0.193. The van der Waals surface area contributed by atoms with E-state index in [0.29, 0.717) is 32.1 Å². The van der Waals surface area contributed by atoms with Gasteiger partial charge in [0.1, 0.15) is 17.5 Å². The Balaban J connectivity index is 1.73. The van der Waals surface area contributed by atoms with Crippen molar-refractivity contribution in [2.45, 2.75) is 40.7 Å². The number of nitrogens with zero attached hydrogens (tertiary/aromatic N) is 3. The summed E-state index contributed by atoms with van der Waals surface area (Å²) >= 11 is 1.29. The Bertz CT molecular complexity index is 1860. The summed E-state index contributed by atoms with van der Waals surface area (Å²) in [5.41, 5.74) is 6.40. The Labute approximate surface area is 242 Å². The van der Waals surface area contributed by atoms with E-state index in [2.05, 4.69) is 48.7 Å². The van der Waals surface area contributed by atoms with Gasteiger partial charge in [0.05, 0.1) is 36.6 Å². The Morgan fingerprint density at radius 2 is 1.76 bits per heavy atom. The number of methoxy groups -OCH3 is 2. The number of carbonyl (C=O) groups is 1. The molecule has 0 spiro atoms. The van der Waals surface area contributed by atoms with Gasteiger partial charge >= 0.3 is 5.97 Å². The number of benzene rings is 2. The number of aromatic nitrogens is 2. The molecule has 1 aliphatic rings. The molecule has 3 heterocycles. The zero-order valence-electron chi connectivity index (χ0n) is 24.3. The van der Waals surface area contributed by atoms with Crippen LogP contribution in [-0.4, -0.2) is 35.9 Å². The molecule has 0 saturated carbocycles. The Morgan fingerprint density at radius 3 is 2.41 bits per heavy atom. The second-order valence-electron chi connectivity index (χ2n) is 9.91. The third kappa shape index (κ3) is 5.02. The lowest BCUT2D eigenvalue weighted by Gasteiger charge is -2.26. The Hall–Kier alpha value is -4.37. The standard InChI is InChI=1S/C32H33N3O5S/c1-8-40-31(37)28-20(4)33-32-35(29(28)25-17-24(38-6)13-14-26(25)39-7)30(36)27(41-32)16-22-15-19(3)34(21(22)5)23-11-9-18(2)10-12-23/h9-17,29H,8H2,1-7H3/b27-16-/t29-/m0/s1. The largest absolute Gasteiger partial charge is 0.497 e. The van der Waals surface area contributed by atoms with Crippen LogP contribution in [0.3, 0.4) is 0 Å². The van der Waals surface area contributed by atoms with Gasteiger partial charge in [-0.15, -0.1) is 0 Å². The molecule has 2 aromatic heterocycles. The van der Waals surface area contributed by atoms with Crippen LogP contribution >= 0.6 is 11.3 Å². The lowest BCUT2D eigenvalue weighted by molar-refractivity contribution is -0.139. The molecular weight excluding hydrogens is 538 g/mol. The van der Waals surface area contributed by atoms with Crippen molar-refractivity contribution in [2.75, 3.05) is 20.8 Å². The molecule has 212 valence electrons. The molecule has 1 aliphatic heterocycles. The van der Waals surface area contributed by atoms with E-state index in [9.17, 15) is 9.59 Å². The number of fused-ring (bicyclic) bond motifs is 1. The number of hydrogen-bond acceptors (Lipinski definition) is 7. The number of hydrogen-bond donors (Lipinski definition) is 0. The molecule has 0 amide bonds. The van der Waals surface area contributed by atoms with Crippen LogP contribution < -0.4 is 24.4 Å². The fourth-order valence-corrected chi connectivity index (χ4v) is 6.34. The lowest BCUT2D eigenvalue weighted by atomic mass is 9.94. The van der Waals surface area contributed by atoms with Crippen LogP contribution in [0.5, 0.6) is 11.5 Å². The number of thiazole rings is 1. The van der Waals surface area contributed by atoms with E-state index in [1.54, 1.807) is 50.8 Å². The normalized spacial score (nSPS) is 15.0. The summed E-state index contributed by atoms with van der Waals surface area (Å²) < 4.78 is 20.8. The number of esters is 1. The second kappa shape index (κ2) is 11.2. The van der Waals surface area contributed by atoms with Gasteiger partial charge in [0, 0.05) is 22.6 Å². The highest BCUT2D eigenvalue weighted by Gasteiger charge is 2.35. The molecule has 0 unspecified atom stereocenters. The van der Waals surface area contributed by atoms with Gasteiger partial charge < -0.3 is 18.8 Å². The zero-order chi connectivity index (χ0) is 29.4. The second-order valence-corrected chi connectivity index (χ2v) is 10.9. The maximum Gasteiger partial charge on any atom is 0.338 e. The Morgan fingerprint density at radius 1 is 1.02 bits per heavy atom. The molecule has 8 nitrogen and oxygen atoms in total. The van der Waals surface area contributed by atoms with E-state index >= 15 is 0 Å². The molecule has 1 atom stereocenters. The van der Waals surface area contributed by atoms with Crippen LogP contribution in [0, 0.1) is 20.8 Å². The topological polar surface area (TPSA) is 84.1 Å². The highest BCUT2D eigenvalue weighted by molar-refractivity contribution is 7.07. The van der Waals surface area contributed by atoms with Crippen molar-refractivity contribution in [1.82, 2.24) is 9.13 Å². The van der Waals surface area contributed by atoms with Crippen LogP contribution in [-0.2, 0) is 9.53 Å². The number of allylic oxidation sites excluding steroid dienone is 1. The molecule has 0 fully saturated rings. The van der Waals surface area contributed by atoms with Gasteiger partial charge in [0.15, 0.2) is 4.80 Å². The number of aryl methyl sites for hydroxylation is 2. The first-order chi connectivity index (χ1) is 19.7. The summed E-state index contributed by atoms with van der Waals surface area (Å²) in [6.07, 6.45) is 1.90. The summed E-state index contributed by atoms with van der Waals surface area (Å²) in [5, 5.41) is 0. The van der Waals surface area contributed by atoms with Gasteiger partial charge in [0.2, 0.25) is 0 Å². The molecule has 0 aliphatic carbocycles. The summed E-state index contributed by atoms with van der Waals surface area (Å²) in [6, 6.07) is 14.9. The lowest BCUT2D eigenvalue weighted by Crippen LogP contribution is -2.40. The van der Waals surface area contributed by atoms with E-state index in [1.807, 2.05) is 13.0 Å². The summed E-state index contributed by atoms with van der Waals surface area (Å²) in [6.45, 7) is 9.86. The third-order valence-electron chi connectivity index (χ3n) is 7.30. The molecule has 0 radical (unpaired) electrons. The maximum atomic E-state index is 14.1. The predicted molar refractivity (Wildman–Crippen MR) is 160 cm³/mol. The number of carbonyl (C=O) groups excluding carboxylic acids is 1. The maximum absolute atomic E-state index is 14.1. The molecule has 2 aromatic carbocycles. The molecule has 5 rings (SSSR count). The smallest absolute Gasteiger partial charge is 0.338 e. The monoisotopic (exact) mass is 571 g/mol. The van der Waals surface area contributed by atoms with E-state index < -0.39 is 12.0 Å². The average molecular weight is 572 g/mol. The summed E-state index contributed by atoms with van der Waals surface area (Å²) in [4.78, 5) is 32.6. The van der Waals surface area contributed by atoms with Crippen molar-refractivity contribution in [3.05, 3.63) is 108 Å². The van der Waals surface area contributed by atoms with Crippen LogP contribution in [0.1, 0.15) is 48.0 Å². The molecule has 0 saturated heterocycles. The van der Waals surface area contributed by atoms with Gasteiger partial charge in [0.25, 0.3) is 5.56 Å². The van der Waals surface area contributed by atoms with Crippen molar-refractivity contribution in [1.29, 1.82) is 0 Å². The minimum atomic E-state index is -0.808. The zero-order valence-corrected chi connectivity index (χ0v) is 25.1. The van der Waals surface area contributed by atoms with E-state index in [4.69, 9.17) is 19.2 Å². The van der Waals surface area contributed by atoms with Gasteiger partial charge in [-0.3, -0.25) is 9.36 Å². The van der Waals surface area contributed by atoms with Crippen LogP contribution in [0.25, 0.3) is 11.8 Å². The van der Waals surface area contributed by atoms with Crippen LogP contribution in [0.4, 0.5) is 0 Å². The SMILES string of the molecule is CCOC(=O)C1=C(C)N=c2s/c(=C\c3cc(C)n(-c4ccc(C)cc4)c3C)c(=O)n2[C@H]1c1cc(OC)ccc1OC. The van der Waals surface area contributed by atoms with Crippen LogP contribution in [0.2, 0.25) is 0 Å². The number of ether oxygens (including phenoxy) is 3.